The summed E-state index contributed by atoms with van der Waals surface area (Å²) in [6.07, 6.45) is -2.81. The van der Waals surface area contributed by atoms with Gasteiger partial charge in [-0.15, -0.1) is 11.3 Å². The van der Waals surface area contributed by atoms with E-state index in [2.05, 4.69) is 35.0 Å². The van der Waals surface area contributed by atoms with Gasteiger partial charge in [-0.1, -0.05) is 0 Å². The number of imidazole rings is 1. The lowest BCUT2D eigenvalue weighted by molar-refractivity contribution is -0.154. The van der Waals surface area contributed by atoms with Crippen molar-refractivity contribution in [2.24, 2.45) is 0 Å². The van der Waals surface area contributed by atoms with E-state index in [1.165, 1.54) is 11.3 Å². The first-order valence-electron chi connectivity index (χ1n) is 6.16. The molecule has 3 aromatic heterocycles. The van der Waals surface area contributed by atoms with Crippen molar-refractivity contribution in [3.63, 3.8) is 0 Å². The summed E-state index contributed by atoms with van der Waals surface area (Å²) in [5, 5.41) is 5.51. The lowest BCUT2D eigenvalue weighted by Crippen LogP contribution is -2.19. The van der Waals surface area contributed by atoms with Crippen molar-refractivity contribution in [1.29, 1.82) is 0 Å². The number of alkyl halides is 3. The number of H-pyrrole nitrogens is 1. The number of fused-ring (bicyclic) bond motifs is 1. The van der Waals surface area contributed by atoms with Gasteiger partial charge in [-0.2, -0.15) is 28.1 Å². The molecule has 122 valence electrons. The summed E-state index contributed by atoms with van der Waals surface area (Å²) in [4.78, 5) is 18.4. The summed E-state index contributed by atoms with van der Waals surface area (Å²) in [6.45, 7) is -1.09. The van der Waals surface area contributed by atoms with E-state index in [1.54, 1.807) is 6.20 Å². The zero-order chi connectivity index (χ0) is 16.4. The Labute approximate surface area is 135 Å². The van der Waals surface area contributed by atoms with Crippen LogP contribution in [0.25, 0.3) is 11.2 Å². The monoisotopic (exact) mass is 364 g/mol. The van der Waals surface area contributed by atoms with Crippen molar-refractivity contribution < 1.29 is 17.9 Å². The molecule has 23 heavy (non-hydrogen) atoms. The molecule has 0 aliphatic rings. The highest BCUT2D eigenvalue weighted by molar-refractivity contribution is 7.09. The Kier molecular flexibility index (Phi) is 4.22. The number of aromatic nitrogens is 5. The summed E-state index contributed by atoms with van der Waals surface area (Å²) in [5.74, 6) is 0.296. The number of aromatic amines is 1. The van der Waals surface area contributed by atoms with Gasteiger partial charge in [-0.05, 0) is 11.6 Å². The van der Waals surface area contributed by atoms with Crippen LogP contribution in [0.4, 0.5) is 19.0 Å². The third-order valence-electron chi connectivity index (χ3n) is 2.57. The van der Waals surface area contributed by atoms with Gasteiger partial charge >= 0.3 is 6.18 Å². The summed E-state index contributed by atoms with van der Waals surface area (Å²) in [5.41, 5.74) is 0.395. The number of nitrogens with one attached hydrogen (secondary N) is 2. The Morgan fingerprint density at radius 2 is 2.13 bits per heavy atom. The number of ether oxygens (including phenoxy) is 1. The van der Waals surface area contributed by atoms with Gasteiger partial charge in [0.05, 0.1) is 6.54 Å². The lowest BCUT2D eigenvalue weighted by Gasteiger charge is -2.05. The number of hydrogen-bond acceptors (Lipinski definition) is 7. The third kappa shape index (κ3) is 3.99. The van der Waals surface area contributed by atoms with E-state index in [4.69, 9.17) is 11.6 Å². The maximum atomic E-state index is 12.2. The van der Waals surface area contributed by atoms with Gasteiger partial charge in [0.2, 0.25) is 5.28 Å². The molecule has 0 aromatic carbocycles. The van der Waals surface area contributed by atoms with Crippen LogP contribution >= 0.6 is 22.9 Å². The van der Waals surface area contributed by atoms with Crippen molar-refractivity contribution in [1.82, 2.24) is 24.9 Å². The number of anilines is 1. The van der Waals surface area contributed by atoms with Gasteiger partial charge in [-0.25, -0.2) is 4.98 Å². The van der Waals surface area contributed by atoms with Gasteiger partial charge in [-0.3, -0.25) is 0 Å². The number of nitrogens with zero attached hydrogens (tertiary/aromatic N) is 4. The molecule has 12 heteroatoms. The van der Waals surface area contributed by atoms with Gasteiger partial charge in [0.1, 0.15) is 10.5 Å². The molecule has 0 spiro atoms. The minimum atomic E-state index is -4.46. The number of halogens is 4. The van der Waals surface area contributed by atoms with E-state index in [9.17, 15) is 13.2 Å². The summed E-state index contributed by atoms with van der Waals surface area (Å²) < 4.78 is 41.1. The molecule has 0 aliphatic carbocycles. The molecule has 0 fully saturated rings. The quantitative estimate of drug-likeness (QED) is 0.676. The molecule has 0 saturated carbocycles. The third-order valence-corrected chi connectivity index (χ3v) is 3.51. The molecule has 0 aliphatic heterocycles. The van der Waals surface area contributed by atoms with Crippen LogP contribution in [-0.2, 0) is 6.54 Å². The van der Waals surface area contributed by atoms with E-state index >= 15 is 0 Å². The average Bonchev–Trinajstić information content (AvgIpc) is 3.10. The van der Waals surface area contributed by atoms with Crippen molar-refractivity contribution in [3.05, 3.63) is 21.9 Å². The van der Waals surface area contributed by atoms with Crippen LogP contribution in [0.5, 0.6) is 6.01 Å². The Morgan fingerprint density at radius 3 is 2.83 bits per heavy atom. The first-order chi connectivity index (χ1) is 10.9. The van der Waals surface area contributed by atoms with Crippen LogP contribution < -0.4 is 10.1 Å². The van der Waals surface area contributed by atoms with Crippen LogP contribution in [0.15, 0.2) is 11.6 Å². The van der Waals surface area contributed by atoms with Gasteiger partial charge in [0, 0.05) is 11.6 Å². The molecular formula is C11H8ClF3N6OS. The number of hydrogen-bond donors (Lipinski definition) is 2. The zero-order valence-electron chi connectivity index (χ0n) is 11.2. The van der Waals surface area contributed by atoms with E-state index in [0.717, 1.165) is 5.01 Å². The molecule has 0 atom stereocenters. The van der Waals surface area contributed by atoms with Crippen LogP contribution in [0, 0.1) is 0 Å². The normalized spacial score (nSPS) is 11.8. The predicted octanol–water partition coefficient (Wildman–Crippen LogP) is 3.02. The fourth-order valence-corrected chi connectivity index (χ4v) is 2.42. The molecule has 3 heterocycles. The fourth-order valence-electron chi connectivity index (χ4n) is 1.70. The van der Waals surface area contributed by atoms with Gasteiger partial charge in [0.25, 0.3) is 6.01 Å². The molecule has 3 aromatic rings. The molecule has 0 amide bonds. The maximum Gasteiger partial charge on any atom is 0.422 e. The number of thiazole rings is 1. The lowest BCUT2D eigenvalue weighted by atomic mass is 10.5. The topological polar surface area (TPSA) is 88.6 Å². The highest BCUT2D eigenvalue weighted by Crippen LogP contribution is 2.24. The van der Waals surface area contributed by atoms with Crippen LogP contribution in [-0.4, -0.2) is 37.7 Å². The zero-order valence-corrected chi connectivity index (χ0v) is 12.8. The molecule has 3 rings (SSSR count). The first-order valence-corrected chi connectivity index (χ1v) is 7.41. The standard InChI is InChI=1S/C11H8ClF3N6OS/c12-9-19-7(17-3-5-16-1-2-23-5)6-8(20-9)21-10(18-6)22-4-11(13,14)15/h1-2H,3-4H2,(H2,17,18,19,20,21). The molecule has 2 N–H and O–H groups in total. The summed E-state index contributed by atoms with van der Waals surface area (Å²) >= 11 is 7.24. The molecule has 0 unspecified atom stereocenters. The van der Waals surface area contributed by atoms with Crippen molar-refractivity contribution in [2.45, 2.75) is 12.7 Å². The Hall–Kier alpha value is -2.14. The second-order valence-corrected chi connectivity index (χ2v) is 5.58. The Morgan fingerprint density at radius 1 is 1.30 bits per heavy atom. The number of rotatable bonds is 5. The van der Waals surface area contributed by atoms with E-state index in [0.29, 0.717) is 17.9 Å². The smallest absolute Gasteiger partial charge is 0.422 e. The second kappa shape index (κ2) is 6.16. The maximum absolute atomic E-state index is 12.2. The Balaban J connectivity index is 1.83. The fraction of sp³-hybridized carbons (Fsp3) is 0.273. The van der Waals surface area contributed by atoms with Crippen LogP contribution in [0.3, 0.4) is 0 Å². The average molecular weight is 365 g/mol. The van der Waals surface area contributed by atoms with Crippen LogP contribution in [0.2, 0.25) is 5.28 Å². The predicted molar refractivity (Wildman–Crippen MR) is 77.7 cm³/mol. The van der Waals surface area contributed by atoms with E-state index in [1.807, 2.05) is 5.38 Å². The molecule has 0 bridgehead atoms. The van der Waals surface area contributed by atoms with E-state index in [-0.39, 0.29) is 16.9 Å². The first kappa shape index (κ1) is 15.7. The van der Waals surface area contributed by atoms with Crippen molar-refractivity contribution in [2.75, 3.05) is 11.9 Å². The van der Waals surface area contributed by atoms with Crippen molar-refractivity contribution >= 4 is 39.9 Å². The van der Waals surface area contributed by atoms with Crippen LogP contribution in [0.1, 0.15) is 5.01 Å². The SMILES string of the molecule is FC(F)(F)COc1nc2nc(Cl)nc(NCc3nccs3)c2[nH]1. The van der Waals surface area contributed by atoms with Gasteiger partial charge in [0.15, 0.2) is 18.1 Å². The molecule has 0 radical (unpaired) electrons. The van der Waals surface area contributed by atoms with Crippen molar-refractivity contribution in [3.8, 4) is 6.01 Å². The highest BCUT2D eigenvalue weighted by atomic mass is 35.5. The molecular weight excluding hydrogens is 357 g/mol. The summed E-state index contributed by atoms with van der Waals surface area (Å²) in [7, 11) is 0. The Bertz CT molecular complexity index is 806. The molecule has 0 saturated heterocycles. The van der Waals surface area contributed by atoms with E-state index < -0.39 is 12.8 Å². The molecule has 7 nitrogen and oxygen atoms in total. The minimum absolute atomic E-state index is 0.0898. The summed E-state index contributed by atoms with van der Waals surface area (Å²) in [6, 6.07) is -0.314. The minimum Gasteiger partial charge on any atom is -0.455 e. The van der Waals surface area contributed by atoms with Gasteiger partial charge < -0.3 is 15.0 Å². The highest BCUT2D eigenvalue weighted by Gasteiger charge is 2.29. The largest absolute Gasteiger partial charge is 0.455 e. The second-order valence-electron chi connectivity index (χ2n) is 4.27.